The Morgan fingerprint density at radius 2 is 2.33 bits per heavy atom. The summed E-state index contributed by atoms with van der Waals surface area (Å²) in [6.45, 7) is 1.95. The van der Waals surface area contributed by atoms with E-state index in [1.807, 2.05) is 6.07 Å². The normalized spacial score (nSPS) is 19.2. The average molecular weight is 326 g/mol. The predicted octanol–water partition coefficient (Wildman–Crippen LogP) is 2.93. The summed E-state index contributed by atoms with van der Waals surface area (Å²) in [4.78, 5) is 13.1. The van der Waals surface area contributed by atoms with E-state index in [1.54, 1.807) is 12.1 Å². The second-order valence-corrected chi connectivity index (χ2v) is 6.75. The Labute approximate surface area is 131 Å². The average Bonchev–Trinajstić information content (AvgIpc) is 3.04. The summed E-state index contributed by atoms with van der Waals surface area (Å²) in [5.74, 6) is 0.388. The number of carbonyl (C=O) groups excluding carboxylic acids is 1. The van der Waals surface area contributed by atoms with Gasteiger partial charge < -0.3 is 15.2 Å². The molecule has 2 aromatic rings. The van der Waals surface area contributed by atoms with Gasteiger partial charge in [-0.25, -0.2) is 0 Å². The van der Waals surface area contributed by atoms with E-state index in [1.165, 1.54) is 11.3 Å². The number of nitrogens with zero attached hydrogens (tertiary/aromatic N) is 1. The van der Waals surface area contributed by atoms with Gasteiger partial charge >= 0.3 is 0 Å². The fourth-order valence-corrected chi connectivity index (χ4v) is 3.36. The van der Waals surface area contributed by atoms with Crippen molar-refractivity contribution >= 4 is 28.8 Å². The van der Waals surface area contributed by atoms with E-state index in [0.29, 0.717) is 15.8 Å². The van der Waals surface area contributed by atoms with Crippen LogP contribution in [-0.4, -0.2) is 30.2 Å². The third kappa shape index (κ3) is 3.64. The number of thiophene rings is 1. The van der Waals surface area contributed by atoms with Gasteiger partial charge in [-0.2, -0.15) is 0 Å². The van der Waals surface area contributed by atoms with Crippen LogP contribution in [0.4, 0.5) is 0 Å². The number of halogens is 1. The predicted molar refractivity (Wildman–Crippen MR) is 82.8 cm³/mol. The van der Waals surface area contributed by atoms with Crippen molar-refractivity contribution in [3.8, 4) is 10.6 Å². The van der Waals surface area contributed by atoms with Gasteiger partial charge in [0.15, 0.2) is 11.5 Å². The molecule has 1 aliphatic heterocycles. The Kier molecular flexibility index (Phi) is 4.57. The molecule has 1 atom stereocenters. The van der Waals surface area contributed by atoms with Crippen molar-refractivity contribution in [2.75, 3.05) is 13.1 Å². The van der Waals surface area contributed by atoms with Crippen LogP contribution in [0.5, 0.6) is 0 Å². The highest BCUT2D eigenvalue weighted by molar-refractivity contribution is 7.19. The topological polar surface area (TPSA) is 67.2 Å². The molecule has 1 aliphatic rings. The molecule has 112 valence electrons. The second kappa shape index (κ2) is 6.60. The highest BCUT2D eigenvalue weighted by atomic mass is 35.5. The van der Waals surface area contributed by atoms with Gasteiger partial charge in [0, 0.05) is 12.1 Å². The first kappa shape index (κ1) is 14.6. The van der Waals surface area contributed by atoms with Crippen LogP contribution < -0.4 is 10.6 Å². The van der Waals surface area contributed by atoms with Crippen molar-refractivity contribution < 1.29 is 9.32 Å². The maximum Gasteiger partial charge on any atom is 0.273 e. The lowest BCUT2D eigenvalue weighted by atomic mass is 10.1. The second-order valence-electron chi connectivity index (χ2n) is 5.03. The quantitative estimate of drug-likeness (QED) is 0.910. The smallest absolute Gasteiger partial charge is 0.273 e. The Morgan fingerprint density at radius 3 is 3.14 bits per heavy atom. The molecule has 2 N–H and O–H groups in total. The molecule has 1 amide bonds. The van der Waals surface area contributed by atoms with Crippen LogP contribution in [0.15, 0.2) is 22.7 Å². The van der Waals surface area contributed by atoms with Gasteiger partial charge in [-0.1, -0.05) is 16.8 Å². The van der Waals surface area contributed by atoms with E-state index in [4.69, 9.17) is 16.1 Å². The lowest BCUT2D eigenvalue weighted by Gasteiger charge is -2.14. The molecule has 0 aliphatic carbocycles. The first-order valence-corrected chi connectivity index (χ1v) is 8.16. The van der Waals surface area contributed by atoms with Crippen molar-refractivity contribution in [2.24, 2.45) is 0 Å². The third-order valence-corrected chi connectivity index (χ3v) is 4.72. The summed E-state index contributed by atoms with van der Waals surface area (Å²) in [6, 6.07) is 5.50. The van der Waals surface area contributed by atoms with E-state index in [9.17, 15) is 4.79 Å². The molecule has 21 heavy (non-hydrogen) atoms. The Bertz CT molecular complexity index is 617. The van der Waals surface area contributed by atoms with Crippen molar-refractivity contribution in [3.63, 3.8) is 0 Å². The number of hydrogen-bond acceptors (Lipinski definition) is 5. The lowest BCUT2D eigenvalue weighted by molar-refractivity contribution is 0.0925. The largest absolute Gasteiger partial charge is 0.355 e. The van der Waals surface area contributed by atoms with Crippen molar-refractivity contribution in [1.29, 1.82) is 0 Å². The summed E-state index contributed by atoms with van der Waals surface area (Å²) in [5, 5.41) is 10.2. The lowest BCUT2D eigenvalue weighted by Crippen LogP contribution is -2.35. The molecule has 2 aromatic heterocycles. The standard InChI is InChI=1S/C14H16ClN3O2S/c15-13-4-3-12(21-13)11-8-10(18-20-11)14(19)17-9-2-1-6-16-7-5-9/h3-4,8-9,16H,1-2,5-7H2,(H,17,19). The molecule has 7 heteroatoms. The monoisotopic (exact) mass is 325 g/mol. The minimum absolute atomic E-state index is 0.181. The van der Waals surface area contributed by atoms with Crippen LogP contribution in [0.1, 0.15) is 29.8 Å². The SMILES string of the molecule is O=C(NC1CCCNCC1)c1cc(-c2ccc(Cl)s2)on1. The van der Waals surface area contributed by atoms with E-state index in [0.717, 1.165) is 37.2 Å². The van der Waals surface area contributed by atoms with Crippen molar-refractivity contribution in [2.45, 2.75) is 25.3 Å². The van der Waals surface area contributed by atoms with Crippen LogP contribution in [-0.2, 0) is 0 Å². The van der Waals surface area contributed by atoms with Gasteiger partial charge in [-0.15, -0.1) is 11.3 Å². The van der Waals surface area contributed by atoms with Crippen molar-refractivity contribution in [1.82, 2.24) is 15.8 Å². The minimum atomic E-state index is -0.181. The highest BCUT2D eigenvalue weighted by Crippen LogP contribution is 2.31. The van der Waals surface area contributed by atoms with Crippen LogP contribution >= 0.6 is 22.9 Å². The molecule has 0 radical (unpaired) electrons. The van der Waals surface area contributed by atoms with E-state index < -0.39 is 0 Å². The Morgan fingerprint density at radius 1 is 1.43 bits per heavy atom. The number of rotatable bonds is 3. The maximum absolute atomic E-state index is 12.2. The van der Waals surface area contributed by atoms with Crippen LogP contribution in [0.3, 0.4) is 0 Å². The van der Waals surface area contributed by atoms with Crippen LogP contribution in [0, 0.1) is 0 Å². The van der Waals surface area contributed by atoms with E-state index in [2.05, 4.69) is 15.8 Å². The molecule has 3 rings (SSSR count). The van der Waals surface area contributed by atoms with Gasteiger partial charge in [0.1, 0.15) is 0 Å². The zero-order valence-electron chi connectivity index (χ0n) is 11.4. The van der Waals surface area contributed by atoms with Crippen LogP contribution in [0.25, 0.3) is 10.6 Å². The molecule has 1 saturated heterocycles. The number of amides is 1. The summed E-state index contributed by atoms with van der Waals surface area (Å²) in [5.41, 5.74) is 0.312. The van der Waals surface area contributed by atoms with Gasteiger partial charge in [0.2, 0.25) is 0 Å². The zero-order chi connectivity index (χ0) is 14.7. The summed E-state index contributed by atoms with van der Waals surface area (Å²) in [6.07, 6.45) is 3.00. The van der Waals surface area contributed by atoms with Gasteiger partial charge in [0.05, 0.1) is 9.21 Å². The summed E-state index contributed by atoms with van der Waals surface area (Å²) < 4.78 is 5.91. The molecular formula is C14H16ClN3O2S. The molecular weight excluding hydrogens is 310 g/mol. The first-order chi connectivity index (χ1) is 10.2. The molecule has 3 heterocycles. The first-order valence-electron chi connectivity index (χ1n) is 6.96. The molecule has 0 bridgehead atoms. The Balaban J connectivity index is 1.66. The summed E-state index contributed by atoms with van der Waals surface area (Å²) in [7, 11) is 0. The Hall–Kier alpha value is -1.37. The zero-order valence-corrected chi connectivity index (χ0v) is 13.0. The number of aromatic nitrogens is 1. The van der Waals surface area contributed by atoms with Gasteiger partial charge in [0.25, 0.3) is 5.91 Å². The van der Waals surface area contributed by atoms with Crippen molar-refractivity contribution in [3.05, 3.63) is 28.2 Å². The number of hydrogen-bond donors (Lipinski definition) is 2. The molecule has 1 fully saturated rings. The minimum Gasteiger partial charge on any atom is -0.355 e. The molecule has 0 saturated carbocycles. The van der Waals surface area contributed by atoms with Gasteiger partial charge in [-0.05, 0) is 44.5 Å². The molecule has 1 unspecified atom stereocenters. The molecule has 5 nitrogen and oxygen atoms in total. The third-order valence-electron chi connectivity index (χ3n) is 3.47. The summed E-state index contributed by atoms with van der Waals surface area (Å²) >= 11 is 7.29. The highest BCUT2D eigenvalue weighted by Gasteiger charge is 2.19. The fraction of sp³-hybridized carbons (Fsp3) is 0.429. The fourth-order valence-electron chi connectivity index (χ4n) is 2.37. The van der Waals surface area contributed by atoms with Gasteiger partial charge in [-0.3, -0.25) is 4.79 Å². The van der Waals surface area contributed by atoms with Crippen LogP contribution in [0.2, 0.25) is 4.34 Å². The number of nitrogens with one attached hydrogen (secondary N) is 2. The molecule has 0 aromatic carbocycles. The molecule has 0 spiro atoms. The number of carbonyl (C=O) groups is 1. The van der Waals surface area contributed by atoms with E-state index in [-0.39, 0.29) is 11.9 Å². The maximum atomic E-state index is 12.2. The van der Waals surface area contributed by atoms with E-state index >= 15 is 0 Å².